The first-order valence-corrected chi connectivity index (χ1v) is 8.75. The maximum Gasteiger partial charge on any atom is 0.338 e. The Kier molecular flexibility index (Phi) is 5.43. The Labute approximate surface area is 148 Å². The largest absolute Gasteiger partial charge is 0.460 e. The highest BCUT2D eigenvalue weighted by Crippen LogP contribution is 2.26. The average Bonchev–Trinajstić information content (AvgIpc) is 2.62. The fraction of sp³-hybridized carbons (Fsp3) is 0.263. The second-order valence-corrected chi connectivity index (χ2v) is 6.70. The first kappa shape index (κ1) is 17.5. The maximum atomic E-state index is 12.6. The summed E-state index contributed by atoms with van der Waals surface area (Å²) < 4.78 is 11.8. The SMILES string of the molecule is Cc1ccc2sc3cc(C(=O)OCCOCCO)ccc3c(=O)c2c1. The van der Waals surface area contributed by atoms with Gasteiger partial charge in [-0.2, -0.15) is 0 Å². The molecule has 6 heteroatoms. The highest BCUT2D eigenvalue weighted by Gasteiger charge is 2.11. The maximum absolute atomic E-state index is 12.6. The molecule has 0 bridgehead atoms. The van der Waals surface area contributed by atoms with E-state index in [0.717, 1.165) is 15.0 Å². The van der Waals surface area contributed by atoms with E-state index in [2.05, 4.69) is 0 Å². The van der Waals surface area contributed by atoms with Gasteiger partial charge in [-0.1, -0.05) is 11.6 Å². The second-order valence-electron chi connectivity index (χ2n) is 5.61. The molecular formula is C19H18O5S. The van der Waals surface area contributed by atoms with Crippen LogP contribution in [0.5, 0.6) is 0 Å². The van der Waals surface area contributed by atoms with Gasteiger partial charge in [0.05, 0.1) is 25.4 Å². The number of aliphatic hydroxyl groups excluding tert-OH is 1. The molecule has 1 heterocycles. The first-order chi connectivity index (χ1) is 12.1. The summed E-state index contributed by atoms with van der Waals surface area (Å²) in [6.07, 6.45) is 0. The van der Waals surface area contributed by atoms with Crippen LogP contribution < -0.4 is 5.43 Å². The van der Waals surface area contributed by atoms with Crippen LogP contribution in [0.15, 0.2) is 41.2 Å². The van der Waals surface area contributed by atoms with Crippen LogP contribution >= 0.6 is 11.3 Å². The number of hydrogen-bond donors (Lipinski definition) is 1. The highest BCUT2D eigenvalue weighted by atomic mass is 32.1. The number of carbonyl (C=O) groups is 1. The number of aryl methyl sites for hydroxylation is 1. The van der Waals surface area contributed by atoms with Gasteiger partial charge in [-0.25, -0.2) is 4.79 Å². The molecule has 1 aromatic heterocycles. The summed E-state index contributed by atoms with van der Waals surface area (Å²) in [6.45, 7) is 2.46. The normalized spacial score (nSPS) is 11.1. The van der Waals surface area contributed by atoms with Crippen molar-refractivity contribution in [1.82, 2.24) is 0 Å². The van der Waals surface area contributed by atoms with Crippen LogP contribution in [0.3, 0.4) is 0 Å². The topological polar surface area (TPSA) is 72.8 Å². The summed E-state index contributed by atoms with van der Waals surface area (Å²) in [6, 6.07) is 10.8. The molecule has 5 nitrogen and oxygen atoms in total. The first-order valence-electron chi connectivity index (χ1n) is 7.93. The monoisotopic (exact) mass is 358 g/mol. The number of esters is 1. The zero-order valence-electron chi connectivity index (χ0n) is 13.8. The number of fused-ring (bicyclic) bond motifs is 2. The van der Waals surface area contributed by atoms with Crippen LogP contribution in [-0.4, -0.2) is 37.5 Å². The number of aliphatic hydroxyl groups is 1. The van der Waals surface area contributed by atoms with Gasteiger partial charge >= 0.3 is 5.97 Å². The van der Waals surface area contributed by atoms with Crippen LogP contribution in [-0.2, 0) is 9.47 Å². The lowest BCUT2D eigenvalue weighted by molar-refractivity contribution is 0.0258. The van der Waals surface area contributed by atoms with Crippen LogP contribution in [0.4, 0.5) is 0 Å². The van der Waals surface area contributed by atoms with Gasteiger partial charge < -0.3 is 14.6 Å². The van der Waals surface area contributed by atoms with E-state index in [9.17, 15) is 9.59 Å². The van der Waals surface area contributed by atoms with Crippen molar-refractivity contribution in [1.29, 1.82) is 0 Å². The summed E-state index contributed by atoms with van der Waals surface area (Å²) >= 11 is 1.48. The Morgan fingerprint density at radius 3 is 2.68 bits per heavy atom. The molecule has 0 amide bonds. The summed E-state index contributed by atoms with van der Waals surface area (Å²) in [5.41, 5.74) is 1.42. The van der Waals surface area contributed by atoms with Crippen molar-refractivity contribution in [3.63, 3.8) is 0 Å². The second kappa shape index (κ2) is 7.74. The third-order valence-corrected chi connectivity index (χ3v) is 4.89. The van der Waals surface area contributed by atoms with Gasteiger partial charge in [-0.05, 0) is 37.3 Å². The van der Waals surface area contributed by atoms with E-state index in [0.29, 0.717) is 16.3 Å². The van der Waals surface area contributed by atoms with Gasteiger partial charge in [0.25, 0.3) is 0 Å². The summed E-state index contributed by atoms with van der Waals surface area (Å²) in [5.74, 6) is -0.460. The molecule has 0 radical (unpaired) electrons. The number of carbonyl (C=O) groups excluding carboxylic acids is 1. The Hall–Kier alpha value is -2.28. The van der Waals surface area contributed by atoms with E-state index >= 15 is 0 Å². The predicted octanol–water partition coefficient (Wildman–Crippen LogP) is 2.89. The minimum absolute atomic E-state index is 0.0234. The molecule has 0 aliphatic heterocycles. The molecule has 130 valence electrons. The van der Waals surface area contributed by atoms with Crippen LogP contribution in [0, 0.1) is 6.92 Å². The molecule has 3 rings (SSSR count). The van der Waals surface area contributed by atoms with E-state index in [1.165, 1.54) is 11.3 Å². The molecule has 0 saturated carbocycles. The Morgan fingerprint density at radius 2 is 1.88 bits per heavy atom. The van der Waals surface area contributed by atoms with E-state index in [1.807, 2.05) is 25.1 Å². The van der Waals surface area contributed by atoms with Crippen LogP contribution in [0.1, 0.15) is 15.9 Å². The minimum Gasteiger partial charge on any atom is -0.460 e. The number of ether oxygens (including phenoxy) is 2. The molecule has 0 atom stereocenters. The Bertz CT molecular complexity index is 977. The molecule has 0 unspecified atom stereocenters. The van der Waals surface area contributed by atoms with Crippen molar-refractivity contribution < 1.29 is 19.4 Å². The van der Waals surface area contributed by atoms with Crippen molar-refractivity contribution in [2.45, 2.75) is 6.92 Å². The van der Waals surface area contributed by atoms with Crippen molar-refractivity contribution in [2.24, 2.45) is 0 Å². The van der Waals surface area contributed by atoms with Crippen molar-refractivity contribution >= 4 is 37.5 Å². The fourth-order valence-electron chi connectivity index (χ4n) is 2.54. The smallest absolute Gasteiger partial charge is 0.338 e. The third-order valence-electron chi connectivity index (χ3n) is 3.76. The quantitative estimate of drug-likeness (QED) is 0.417. The highest BCUT2D eigenvalue weighted by molar-refractivity contribution is 7.24. The molecule has 1 N–H and O–H groups in total. The van der Waals surface area contributed by atoms with E-state index in [-0.39, 0.29) is 31.9 Å². The van der Waals surface area contributed by atoms with E-state index in [1.54, 1.807) is 18.2 Å². The van der Waals surface area contributed by atoms with Crippen molar-refractivity contribution in [3.8, 4) is 0 Å². The van der Waals surface area contributed by atoms with E-state index < -0.39 is 5.97 Å². The number of hydrogen-bond acceptors (Lipinski definition) is 6. The zero-order chi connectivity index (χ0) is 17.8. The minimum atomic E-state index is -0.460. The lowest BCUT2D eigenvalue weighted by Crippen LogP contribution is -2.12. The molecule has 0 aliphatic carbocycles. The van der Waals surface area contributed by atoms with E-state index in [4.69, 9.17) is 14.6 Å². The molecule has 0 spiro atoms. The number of rotatable bonds is 6. The molecular weight excluding hydrogens is 340 g/mol. The zero-order valence-corrected chi connectivity index (χ0v) is 14.6. The molecule has 0 saturated heterocycles. The van der Waals surface area contributed by atoms with Crippen molar-refractivity contribution in [2.75, 3.05) is 26.4 Å². The summed E-state index contributed by atoms with van der Waals surface area (Å²) in [7, 11) is 0. The van der Waals surface area contributed by atoms with Gasteiger partial charge in [0.15, 0.2) is 5.43 Å². The van der Waals surface area contributed by atoms with Gasteiger partial charge in [0, 0.05) is 20.2 Å². The van der Waals surface area contributed by atoms with Gasteiger partial charge in [-0.3, -0.25) is 4.79 Å². The Morgan fingerprint density at radius 1 is 1.04 bits per heavy atom. The van der Waals surface area contributed by atoms with Gasteiger partial charge in [0.2, 0.25) is 0 Å². The third kappa shape index (κ3) is 3.87. The summed E-state index contributed by atoms with van der Waals surface area (Å²) in [4.78, 5) is 24.8. The van der Waals surface area contributed by atoms with Gasteiger partial charge in [0.1, 0.15) is 6.61 Å². The standard InChI is InChI=1S/C19H18O5S/c1-12-2-5-16-15(10-12)18(21)14-4-3-13(11-17(14)25-16)19(22)24-9-8-23-7-6-20/h2-5,10-11,20H,6-9H2,1H3. The molecule has 25 heavy (non-hydrogen) atoms. The van der Waals surface area contributed by atoms with Crippen LogP contribution in [0.25, 0.3) is 20.2 Å². The fourth-order valence-corrected chi connectivity index (χ4v) is 3.63. The summed E-state index contributed by atoms with van der Waals surface area (Å²) in [5, 5.41) is 9.91. The van der Waals surface area contributed by atoms with Crippen molar-refractivity contribution in [3.05, 3.63) is 57.7 Å². The lowest BCUT2D eigenvalue weighted by atomic mass is 10.1. The lowest BCUT2D eigenvalue weighted by Gasteiger charge is -2.07. The van der Waals surface area contributed by atoms with Crippen LogP contribution in [0.2, 0.25) is 0 Å². The number of benzene rings is 2. The molecule has 0 fully saturated rings. The molecule has 2 aromatic carbocycles. The predicted molar refractivity (Wildman–Crippen MR) is 98.5 cm³/mol. The van der Waals surface area contributed by atoms with Gasteiger partial charge in [-0.15, -0.1) is 11.3 Å². The average molecular weight is 358 g/mol. The Balaban J connectivity index is 1.87. The molecule has 3 aromatic rings. The molecule has 0 aliphatic rings.